The first-order chi connectivity index (χ1) is 11.9. The lowest BCUT2D eigenvalue weighted by molar-refractivity contribution is -0.144. The van der Waals surface area contributed by atoms with Crippen LogP contribution in [-0.4, -0.2) is 53.1 Å². The average Bonchev–Trinajstić information content (AvgIpc) is 3.02. The molecule has 0 saturated carbocycles. The van der Waals surface area contributed by atoms with Crippen molar-refractivity contribution in [3.8, 4) is 0 Å². The Morgan fingerprint density at radius 1 is 1.32 bits per heavy atom. The lowest BCUT2D eigenvalue weighted by Gasteiger charge is -2.33. The van der Waals surface area contributed by atoms with Crippen LogP contribution in [-0.2, 0) is 4.79 Å². The highest BCUT2D eigenvalue weighted by Gasteiger charge is 2.41. The zero-order chi connectivity index (χ0) is 18.0. The van der Waals surface area contributed by atoms with Crippen LogP contribution in [0.2, 0.25) is 5.02 Å². The standard InChI is InChI=1S/C16H18ClN3O4S/c17-12-2-1-10(20-6-5-18-15(20)24)9-11(12)13(21)19-16(14(22)23)3-7-25-8-4-16/h1-2,9H,3-8H2,(H,18,24)(H,19,21)(H,22,23). The number of anilines is 1. The molecule has 3 rings (SSSR count). The largest absolute Gasteiger partial charge is 0.480 e. The zero-order valence-electron chi connectivity index (χ0n) is 13.4. The fourth-order valence-electron chi connectivity index (χ4n) is 2.97. The van der Waals surface area contributed by atoms with E-state index < -0.39 is 17.4 Å². The fourth-order valence-corrected chi connectivity index (χ4v) is 4.36. The minimum Gasteiger partial charge on any atom is -0.480 e. The number of benzene rings is 1. The second-order valence-corrected chi connectivity index (χ2v) is 7.63. The second kappa shape index (κ2) is 7.13. The van der Waals surface area contributed by atoms with Crippen molar-refractivity contribution < 1.29 is 19.5 Å². The van der Waals surface area contributed by atoms with Gasteiger partial charge in [-0.15, -0.1) is 0 Å². The summed E-state index contributed by atoms with van der Waals surface area (Å²) in [5.74, 6) is -0.226. The van der Waals surface area contributed by atoms with Crippen molar-refractivity contribution in [1.29, 1.82) is 0 Å². The highest BCUT2D eigenvalue weighted by molar-refractivity contribution is 7.99. The van der Waals surface area contributed by atoms with Gasteiger partial charge in [-0.25, -0.2) is 9.59 Å². The normalized spacial score (nSPS) is 19.4. The number of urea groups is 1. The molecule has 134 valence electrons. The molecule has 3 amide bonds. The summed E-state index contributed by atoms with van der Waals surface area (Å²) in [5.41, 5.74) is -0.557. The number of carboxylic acid groups (broad SMARTS) is 1. The van der Waals surface area contributed by atoms with Crippen LogP contribution in [0.5, 0.6) is 0 Å². The Morgan fingerprint density at radius 3 is 2.64 bits per heavy atom. The summed E-state index contributed by atoms with van der Waals surface area (Å²) in [6.45, 7) is 1.03. The highest BCUT2D eigenvalue weighted by atomic mass is 35.5. The SMILES string of the molecule is O=C(NC1(C(=O)O)CCSCC1)c1cc(N2CCNC2=O)ccc1Cl. The Balaban J connectivity index is 1.86. The van der Waals surface area contributed by atoms with Crippen molar-refractivity contribution in [2.24, 2.45) is 0 Å². The quantitative estimate of drug-likeness (QED) is 0.738. The van der Waals surface area contributed by atoms with Gasteiger partial charge in [0.2, 0.25) is 0 Å². The molecule has 0 unspecified atom stereocenters. The van der Waals surface area contributed by atoms with E-state index in [4.69, 9.17) is 11.6 Å². The third-order valence-corrected chi connectivity index (χ3v) is 5.79. The third kappa shape index (κ3) is 3.55. The number of rotatable bonds is 4. The van der Waals surface area contributed by atoms with E-state index in [2.05, 4.69) is 10.6 Å². The first-order valence-electron chi connectivity index (χ1n) is 7.91. The maximum absolute atomic E-state index is 12.7. The molecule has 0 atom stereocenters. The van der Waals surface area contributed by atoms with Crippen LogP contribution >= 0.6 is 23.4 Å². The Bertz CT molecular complexity index is 721. The molecular formula is C16H18ClN3O4S. The summed E-state index contributed by atoms with van der Waals surface area (Å²) in [7, 11) is 0. The van der Waals surface area contributed by atoms with Crippen LogP contribution in [0.25, 0.3) is 0 Å². The molecule has 1 aromatic carbocycles. The van der Waals surface area contributed by atoms with Gasteiger partial charge in [0.05, 0.1) is 10.6 Å². The molecule has 2 aliphatic rings. The third-order valence-electron chi connectivity index (χ3n) is 4.47. The number of aliphatic carboxylic acids is 1. The van der Waals surface area contributed by atoms with Crippen molar-refractivity contribution in [2.75, 3.05) is 29.5 Å². The molecule has 0 aromatic heterocycles. The van der Waals surface area contributed by atoms with Crippen LogP contribution in [0.3, 0.4) is 0 Å². The van der Waals surface area contributed by atoms with Gasteiger partial charge < -0.3 is 15.7 Å². The van der Waals surface area contributed by atoms with Crippen LogP contribution in [0.15, 0.2) is 18.2 Å². The summed E-state index contributed by atoms with van der Waals surface area (Å²) < 4.78 is 0. The number of hydrogen-bond donors (Lipinski definition) is 3. The number of nitrogens with one attached hydrogen (secondary N) is 2. The van der Waals surface area contributed by atoms with Crippen molar-refractivity contribution in [1.82, 2.24) is 10.6 Å². The topological polar surface area (TPSA) is 98.7 Å². The van der Waals surface area contributed by atoms with E-state index in [0.29, 0.717) is 43.1 Å². The number of carbonyl (C=O) groups is 3. The number of carboxylic acids is 1. The van der Waals surface area contributed by atoms with E-state index >= 15 is 0 Å². The molecule has 7 nitrogen and oxygen atoms in total. The van der Waals surface area contributed by atoms with E-state index in [-0.39, 0.29) is 16.6 Å². The molecule has 0 radical (unpaired) electrons. The number of carbonyl (C=O) groups excluding carboxylic acids is 2. The number of hydrogen-bond acceptors (Lipinski definition) is 4. The van der Waals surface area contributed by atoms with Crippen molar-refractivity contribution in [3.63, 3.8) is 0 Å². The first-order valence-corrected chi connectivity index (χ1v) is 9.45. The summed E-state index contributed by atoms with van der Waals surface area (Å²) in [5, 5.41) is 15.2. The van der Waals surface area contributed by atoms with E-state index in [9.17, 15) is 19.5 Å². The Kier molecular flexibility index (Phi) is 5.10. The molecule has 2 fully saturated rings. The maximum Gasteiger partial charge on any atom is 0.329 e. The smallest absolute Gasteiger partial charge is 0.329 e. The zero-order valence-corrected chi connectivity index (χ0v) is 15.0. The monoisotopic (exact) mass is 383 g/mol. The number of thioether (sulfide) groups is 1. The number of nitrogens with zero attached hydrogens (tertiary/aromatic N) is 1. The van der Waals surface area contributed by atoms with Crippen LogP contribution in [0.4, 0.5) is 10.5 Å². The predicted octanol–water partition coefficient (Wildman–Crippen LogP) is 1.95. The van der Waals surface area contributed by atoms with Crippen LogP contribution in [0, 0.1) is 0 Å². The van der Waals surface area contributed by atoms with Crippen molar-refractivity contribution >= 4 is 47.0 Å². The van der Waals surface area contributed by atoms with E-state index in [0.717, 1.165) is 0 Å². The molecular weight excluding hydrogens is 366 g/mol. The fraction of sp³-hybridized carbons (Fsp3) is 0.438. The first kappa shape index (κ1) is 17.9. The van der Waals surface area contributed by atoms with Gasteiger partial charge in [-0.05, 0) is 42.5 Å². The van der Waals surface area contributed by atoms with Crippen LogP contribution in [0.1, 0.15) is 23.2 Å². The lowest BCUT2D eigenvalue weighted by Crippen LogP contribution is -2.56. The Hall–Kier alpha value is -1.93. The average molecular weight is 384 g/mol. The molecule has 25 heavy (non-hydrogen) atoms. The van der Waals surface area contributed by atoms with Gasteiger partial charge in [-0.1, -0.05) is 11.6 Å². The molecule has 0 spiro atoms. The Labute approximate surface area is 154 Å². The summed E-state index contributed by atoms with van der Waals surface area (Å²) >= 11 is 7.81. The van der Waals surface area contributed by atoms with Gasteiger partial charge in [-0.2, -0.15) is 11.8 Å². The molecule has 2 heterocycles. The summed E-state index contributed by atoms with van der Waals surface area (Å²) in [6, 6.07) is 4.49. The van der Waals surface area contributed by atoms with E-state index in [1.165, 1.54) is 11.0 Å². The van der Waals surface area contributed by atoms with Gasteiger partial charge >= 0.3 is 12.0 Å². The summed E-state index contributed by atoms with van der Waals surface area (Å²) in [4.78, 5) is 37.7. The van der Waals surface area contributed by atoms with Crippen LogP contribution < -0.4 is 15.5 Å². The molecule has 2 saturated heterocycles. The second-order valence-electron chi connectivity index (χ2n) is 6.00. The minimum atomic E-state index is -1.27. The van der Waals surface area contributed by atoms with Gasteiger partial charge in [-0.3, -0.25) is 9.69 Å². The van der Waals surface area contributed by atoms with Gasteiger partial charge in [0.1, 0.15) is 5.54 Å². The molecule has 9 heteroatoms. The van der Waals surface area contributed by atoms with Gasteiger partial charge in [0, 0.05) is 18.8 Å². The molecule has 1 aromatic rings. The van der Waals surface area contributed by atoms with Gasteiger partial charge in [0.25, 0.3) is 5.91 Å². The van der Waals surface area contributed by atoms with Crippen molar-refractivity contribution in [3.05, 3.63) is 28.8 Å². The summed E-state index contributed by atoms with van der Waals surface area (Å²) in [6.07, 6.45) is 0.731. The number of halogens is 1. The lowest BCUT2D eigenvalue weighted by atomic mass is 9.91. The van der Waals surface area contributed by atoms with Gasteiger partial charge in [0.15, 0.2) is 0 Å². The predicted molar refractivity (Wildman–Crippen MR) is 96.6 cm³/mol. The minimum absolute atomic E-state index is 0.165. The molecule has 2 aliphatic heterocycles. The number of amides is 3. The van der Waals surface area contributed by atoms with Crippen molar-refractivity contribution in [2.45, 2.75) is 18.4 Å². The Morgan fingerprint density at radius 2 is 2.04 bits per heavy atom. The molecule has 3 N–H and O–H groups in total. The van der Waals surface area contributed by atoms with E-state index in [1.54, 1.807) is 23.9 Å². The highest BCUT2D eigenvalue weighted by Crippen LogP contribution is 2.29. The molecule has 0 bridgehead atoms. The molecule has 0 aliphatic carbocycles. The maximum atomic E-state index is 12.7. The van der Waals surface area contributed by atoms with E-state index in [1.807, 2.05) is 0 Å².